The second-order valence-corrected chi connectivity index (χ2v) is 8.76. The molecule has 1 atom stereocenters. The van der Waals surface area contributed by atoms with Crippen LogP contribution in [0.3, 0.4) is 0 Å². The molecule has 0 saturated carbocycles. The molecule has 0 radical (unpaired) electrons. The molecular weight excluding hydrogens is 356 g/mol. The van der Waals surface area contributed by atoms with Crippen LogP contribution in [-0.2, 0) is 26.0 Å². The molecule has 1 aromatic rings. The molecule has 0 amide bonds. The van der Waals surface area contributed by atoms with Crippen molar-refractivity contribution < 1.29 is 23.1 Å². The van der Waals surface area contributed by atoms with Crippen LogP contribution < -0.4 is 0 Å². The van der Waals surface area contributed by atoms with Gasteiger partial charge in [-0.1, -0.05) is 24.3 Å². The van der Waals surface area contributed by atoms with Crippen molar-refractivity contribution in [3.63, 3.8) is 0 Å². The first-order valence-corrected chi connectivity index (χ1v) is 10.7. The van der Waals surface area contributed by atoms with Crippen molar-refractivity contribution in [3.05, 3.63) is 35.4 Å². The standard InChI is InChI=1S/C18H28N2O5S/c1-15-6-3-4-7-16(15)8-5-9-19-10-11-25-17(12-19)13-20(14-18(21)22)26(2,23)24/h3-4,6-7,17H,5,8-14H2,1-2H3,(H,21,22)/t17-/m0/s1. The van der Waals surface area contributed by atoms with Crippen LogP contribution in [0.5, 0.6) is 0 Å². The summed E-state index contributed by atoms with van der Waals surface area (Å²) >= 11 is 0. The maximum absolute atomic E-state index is 11.8. The zero-order chi connectivity index (χ0) is 19.2. The average Bonchev–Trinajstić information content (AvgIpc) is 2.55. The van der Waals surface area contributed by atoms with Crippen LogP contribution in [-0.4, -0.2) is 80.4 Å². The first-order chi connectivity index (χ1) is 12.3. The number of rotatable bonds is 9. The van der Waals surface area contributed by atoms with E-state index in [4.69, 9.17) is 9.84 Å². The van der Waals surface area contributed by atoms with Crippen LogP contribution in [0.4, 0.5) is 0 Å². The highest BCUT2D eigenvalue weighted by Crippen LogP contribution is 2.13. The number of carboxylic acid groups (broad SMARTS) is 1. The predicted molar refractivity (Wildman–Crippen MR) is 99.7 cm³/mol. The Morgan fingerprint density at radius 1 is 1.38 bits per heavy atom. The number of aliphatic carboxylic acids is 1. The molecule has 1 aliphatic rings. The van der Waals surface area contributed by atoms with Crippen molar-refractivity contribution in [2.45, 2.75) is 25.9 Å². The fourth-order valence-electron chi connectivity index (χ4n) is 3.17. The number of hydrogen-bond acceptors (Lipinski definition) is 5. The molecule has 1 aromatic carbocycles. The topological polar surface area (TPSA) is 87.2 Å². The highest BCUT2D eigenvalue weighted by molar-refractivity contribution is 7.88. The van der Waals surface area contributed by atoms with Crippen molar-refractivity contribution >= 4 is 16.0 Å². The summed E-state index contributed by atoms with van der Waals surface area (Å²) in [6.45, 7) is 4.50. The van der Waals surface area contributed by atoms with Crippen molar-refractivity contribution in [2.24, 2.45) is 0 Å². The highest BCUT2D eigenvalue weighted by Gasteiger charge is 2.27. The van der Waals surface area contributed by atoms with E-state index in [1.54, 1.807) is 0 Å². The van der Waals surface area contributed by atoms with Gasteiger partial charge in [-0.15, -0.1) is 0 Å². The van der Waals surface area contributed by atoms with Crippen LogP contribution in [0.25, 0.3) is 0 Å². The van der Waals surface area contributed by atoms with Gasteiger partial charge in [0.05, 0.1) is 19.0 Å². The molecule has 1 saturated heterocycles. The Kier molecular flexibility index (Phi) is 7.57. The third-order valence-electron chi connectivity index (χ3n) is 4.59. The molecular formula is C18H28N2O5S. The Labute approximate surface area is 155 Å². The summed E-state index contributed by atoms with van der Waals surface area (Å²) in [4.78, 5) is 13.2. The summed E-state index contributed by atoms with van der Waals surface area (Å²) in [6, 6.07) is 8.35. The van der Waals surface area contributed by atoms with E-state index in [1.807, 2.05) is 6.07 Å². The van der Waals surface area contributed by atoms with Crippen LogP contribution in [0.15, 0.2) is 24.3 Å². The molecule has 1 N–H and O–H groups in total. The van der Waals surface area contributed by atoms with E-state index < -0.39 is 22.5 Å². The molecule has 146 valence electrons. The smallest absolute Gasteiger partial charge is 0.318 e. The van der Waals surface area contributed by atoms with E-state index >= 15 is 0 Å². The molecule has 1 heterocycles. The molecule has 1 aliphatic heterocycles. The number of benzene rings is 1. The number of aryl methyl sites for hydroxylation is 2. The molecule has 0 spiro atoms. The van der Waals surface area contributed by atoms with Gasteiger partial charge < -0.3 is 9.84 Å². The van der Waals surface area contributed by atoms with Gasteiger partial charge in [0.1, 0.15) is 6.54 Å². The number of hydrogen-bond donors (Lipinski definition) is 1. The molecule has 0 aromatic heterocycles. The van der Waals surface area contributed by atoms with Gasteiger partial charge >= 0.3 is 5.97 Å². The molecule has 1 fully saturated rings. The molecule has 2 rings (SSSR count). The number of morpholine rings is 1. The summed E-state index contributed by atoms with van der Waals surface area (Å²) < 4.78 is 30.2. The van der Waals surface area contributed by atoms with Gasteiger partial charge in [0.25, 0.3) is 0 Å². The summed E-state index contributed by atoms with van der Waals surface area (Å²) in [6.07, 6.45) is 2.74. The third-order valence-corrected chi connectivity index (χ3v) is 5.81. The Morgan fingerprint density at radius 3 is 2.77 bits per heavy atom. The quantitative estimate of drug-likeness (QED) is 0.683. The van der Waals surface area contributed by atoms with Crippen LogP contribution in [0, 0.1) is 6.92 Å². The largest absolute Gasteiger partial charge is 0.480 e. The van der Waals surface area contributed by atoms with Gasteiger partial charge in [0.2, 0.25) is 10.0 Å². The normalized spacial score (nSPS) is 19.0. The first-order valence-electron chi connectivity index (χ1n) is 8.81. The predicted octanol–water partition coefficient (Wildman–Crippen LogP) is 0.975. The second kappa shape index (κ2) is 9.45. The fraction of sp³-hybridized carbons (Fsp3) is 0.611. The minimum Gasteiger partial charge on any atom is -0.480 e. The van der Waals surface area contributed by atoms with E-state index in [9.17, 15) is 13.2 Å². The van der Waals surface area contributed by atoms with E-state index in [-0.39, 0.29) is 12.6 Å². The Balaban J connectivity index is 1.84. The number of carboxylic acids is 1. The lowest BCUT2D eigenvalue weighted by molar-refractivity contribution is -0.137. The Hall–Kier alpha value is -1.48. The monoisotopic (exact) mass is 384 g/mol. The van der Waals surface area contributed by atoms with Crippen LogP contribution in [0.2, 0.25) is 0 Å². The van der Waals surface area contributed by atoms with Crippen LogP contribution in [0.1, 0.15) is 17.5 Å². The van der Waals surface area contributed by atoms with Crippen molar-refractivity contribution in [1.29, 1.82) is 0 Å². The van der Waals surface area contributed by atoms with Gasteiger partial charge in [0, 0.05) is 19.6 Å². The molecule has 8 heteroatoms. The lowest BCUT2D eigenvalue weighted by atomic mass is 10.0. The Bertz CT molecular complexity index is 707. The van der Waals surface area contributed by atoms with E-state index in [0.29, 0.717) is 13.2 Å². The van der Waals surface area contributed by atoms with Crippen molar-refractivity contribution in [3.8, 4) is 0 Å². The summed E-state index contributed by atoms with van der Waals surface area (Å²) in [5.41, 5.74) is 2.65. The van der Waals surface area contributed by atoms with E-state index in [0.717, 1.165) is 36.5 Å². The fourth-order valence-corrected chi connectivity index (χ4v) is 3.95. The SMILES string of the molecule is Cc1ccccc1CCCN1CCO[C@H](CN(CC(=O)O)S(C)(=O)=O)C1. The molecule has 0 unspecified atom stereocenters. The molecule has 0 bridgehead atoms. The average molecular weight is 384 g/mol. The maximum Gasteiger partial charge on any atom is 0.318 e. The Morgan fingerprint density at radius 2 is 2.12 bits per heavy atom. The zero-order valence-corrected chi connectivity index (χ0v) is 16.2. The number of sulfonamides is 1. The van der Waals surface area contributed by atoms with Gasteiger partial charge in [-0.2, -0.15) is 4.31 Å². The third kappa shape index (κ3) is 6.68. The molecule has 26 heavy (non-hydrogen) atoms. The first kappa shape index (κ1) is 20.8. The number of nitrogens with zero attached hydrogens (tertiary/aromatic N) is 2. The summed E-state index contributed by atoms with van der Waals surface area (Å²) in [7, 11) is -3.58. The lowest BCUT2D eigenvalue weighted by Crippen LogP contribution is -2.49. The van der Waals surface area contributed by atoms with E-state index in [2.05, 4.69) is 30.0 Å². The maximum atomic E-state index is 11.8. The summed E-state index contributed by atoms with van der Waals surface area (Å²) in [5, 5.41) is 8.92. The minimum atomic E-state index is -3.58. The molecule has 0 aliphatic carbocycles. The van der Waals surface area contributed by atoms with Crippen LogP contribution >= 0.6 is 0 Å². The lowest BCUT2D eigenvalue weighted by Gasteiger charge is -2.34. The van der Waals surface area contributed by atoms with Crippen molar-refractivity contribution in [1.82, 2.24) is 9.21 Å². The highest BCUT2D eigenvalue weighted by atomic mass is 32.2. The number of carbonyl (C=O) groups is 1. The van der Waals surface area contributed by atoms with Gasteiger partial charge in [0.15, 0.2) is 0 Å². The zero-order valence-electron chi connectivity index (χ0n) is 15.4. The van der Waals surface area contributed by atoms with Gasteiger partial charge in [-0.3, -0.25) is 9.69 Å². The van der Waals surface area contributed by atoms with Gasteiger partial charge in [-0.25, -0.2) is 8.42 Å². The minimum absolute atomic E-state index is 0.0689. The van der Waals surface area contributed by atoms with E-state index in [1.165, 1.54) is 11.1 Å². The van der Waals surface area contributed by atoms with Gasteiger partial charge in [-0.05, 0) is 37.4 Å². The molecule has 7 nitrogen and oxygen atoms in total. The van der Waals surface area contributed by atoms with Crippen molar-refractivity contribution in [2.75, 3.05) is 45.6 Å². The summed E-state index contributed by atoms with van der Waals surface area (Å²) in [5.74, 6) is -1.17. The second-order valence-electron chi connectivity index (χ2n) is 6.77. The number of ether oxygens (including phenoxy) is 1.